The summed E-state index contributed by atoms with van der Waals surface area (Å²) in [5.74, 6) is -0.164. The van der Waals surface area contributed by atoms with E-state index in [0.29, 0.717) is 12.1 Å². The van der Waals surface area contributed by atoms with Crippen LogP contribution in [0.3, 0.4) is 0 Å². The Balaban J connectivity index is 1.46. The minimum Gasteiger partial charge on any atom is -0.320 e. The number of para-hydroxylation sites is 1. The van der Waals surface area contributed by atoms with Gasteiger partial charge in [0.05, 0.1) is 23.6 Å². The van der Waals surface area contributed by atoms with Crippen molar-refractivity contribution in [1.29, 1.82) is 0 Å². The third-order valence-corrected chi connectivity index (χ3v) is 6.25. The highest BCUT2D eigenvalue weighted by atomic mass is 16.2. The summed E-state index contributed by atoms with van der Waals surface area (Å²) in [5.41, 5.74) is 10.7. The number of carbonyl (C=O) groups excluding carboxylic acids is 1. The van der Waals surface area contributed by atoms with Gasteiger partial charge < -0.3 is 10.6 Å². The van der Waals surface area contributed by atoms with Crippen molar-refractivity contribution in [1.82, 2.24) is 9.78 Å². The smallest absolute Gasteiger partial charge is 0.244 e. The molecule has 0 aliphatic rings. The Hall–Kier alpha value is -4.48. The molecule has 0 fully saturated rings. The SMILES string of the molecule is CN(C(=O)[C@H](N)C/C=C/c1ccccc1)c1cn(-c2ccccc2)nc1-c1ccc2ccccc2c1. The van der Waals surface area contributed by atoms with Gasteiger partial charge in [-0.2, -0.15) is 5.10 Å². The molecule has 178 valence electrons. The van der Waals surface area contributed by atoms with Gasteiger partial charge >= 0.3 is 0 Å². The highest BCUT2D eigenvalue weighted by Gasteiger charge is 2.24. The molecule has 5 rings (SSSR count). The van der Waals surface area contributed by atoms with Gasteiger partial charge in [0.15, 0.2) is 0 Å². The Bertz CT molecular complexity index is 1510. The van der Waals surface area contributed by atoms with Crippen LogP contribution in [-0.2, 0) is 4.79 Å². The number of carbonyl (C=O) groups is 1. The number of nitrogens with two attached hydrogens (primary N) is 1. The predicted octanol–water partition coefficient (Wildman–Crippen LogP) is 6.09. The number of benzene rings is 4. The minimum absolute atomic E-state index is 0.164. The highest BCUT2D eigenvalue weighted by Crippen LogP contribution is 2.32. The van der Waals surface area contributed by atoms with Crippen molar-refractivity contribution < 1.29 is 4.79 Å². The number of nitrogens with zero attached hydrogens (tertiary/aromatic N) is 3. The van der Waals surface area contributed by atoms with Gasteiger partial charge in [-0.15, -0.1) is 0 Å². The molecule has 0 aliphatic carbocycles. The Morgan fingerprint density at radius 2 is 1.58 bits per heavy atom. The van der Waals surface area contributed by atoms with E-state index in [2.05, 4.69) is 24.3 Å². The molecule has 0 radical (unpaired) electrons. The number of aromatic nitrogens is 2. The fourth-order valence-corrected chi connectivity index (χ4v) is 4.25. The molecule has 0 bridgehead atoms. The maximum atomic E-state index is 13.4. The van der Waals surface area contributed by atoms with Gasteiger partial charge in [-0.3, -0.25) is 4.79 Å². The second-order valence-corrected chi connectivity index (χ2v) is 8.76. The van der Waals surface area contributed by atoms with Gasteiger partial charge in [0.25, 0.3) is 0 Å². The van der Waals surface area contributed by atoms with Crippen molar-refractivity contribution in [3.05, 3.63) is 121 Å². The van der Waals surface area contributed by atoms with Crippen LogP contribution in [0.5, 0.6) is 0 Å². The number of likely N-dealkylation sites (N-methyl/N-ethyl adjacent to an activating group) is 1. The lowest BCUT2D eigenvalue weighted by Crippen LogP contribution is -2.41. The van der Waals surface area contributed by atoms with E-state index in [0.717, 1.165) is 33.3 Å². The lowest BCUT2D eigenvalue weighted by atomic mass is 10.0. The fraction of sp³-hybridized carbons (Fsp3) is 0.0968. The molecule has 0 saturated carbocycles. The van der Waals surface area contributed by atoms with Crippen LogP contribution >= 0.6 is 0 Å². The summed E-state index contributed by atoms with van der Waals surface area (Å²) in [7, 11) is 1.76. The van der Waals surface area contributed by atoms with Crippen molar-refractivity contribution in [2.75, 3.05) is 11.9 Å². The van der Waals surface area contributed by atoms with E-state index in [1.807, 2.05) is 102 Å². The van der Waals surface area contributed by atoms with E-state index >= 15 is 0 Å². The number of anilines is 1. The first kappa shape index (κ1) is 23.3. The second kappa shape index (κ2) is 10.4. The zero-order valence-electron chi connectivity index (χ0n) is 20.2. The Morgan fingerprint density at radius 3 is 2.33 bits per heavy atom. The number of rotatable bonds is 7. The summed E-state index contributed by atoms with van der Waals surface area (Å²) in [4.78, 5) is 15.0. The van der Waals surface area contributed by atoms with Crippen molar-refractivity contribution in [3.8, 4) is 16.9 Å². The van der Waals surface area contributed by atoms with Crippen LogP contribution in [-0.4, -0.2) is 28.8 Å². The van der Waals surface area contributed by atoms with Crippen LogP contribution in [0.2, 0.25) is 0 Å². The van der Waals surface area contributed by atoms with Gasteiger partial charge in [0.2, 0.25) is 5.91 Å². The van der Waals surface area contributed by atoms with Gasteiger partial charge in [-0.25, -0.2) is 4.68 Å². The molecule has 0 aliphatic heterocycles. The van der Waals surface area contributed by atoms with Gasteiger partial charge in [0, 0.05) is 12.6 Å². The standard InChI is InChI=1S/C31H28N4O/c1-34(31(36)28(32)18-10-13-23-11-4-2-5-12-23)29-22-35(27-16-6-3-7-17-27)33-30(29)26-20-19-24-14-8-9-15-25(24)21-26/h2-17,19-22,28H,18,32H2,1H3/b13-10+/t28-/m1/s1. The molecule has 1 amide bonds. The molecule has 0 spiro atoms. The summed E-state index contributed by atoms with van der Waals surface area (Å²) in [6.45, 7) is 0. The minimum atomic E-state index is -0.667. The van der Waals surface area contributed by atoms with E-state index < -0.39 is 6.04 Å². The van der Waals surface area contributed by atoms with Crippen LogP contribution in [0.15, 0.2) is 115 Å². The molecule has 1 heterocycles. The molecule has 1 aromatic heterocycles. The molecule has 5 heteroatoms. The average molecular weight is 473 g/mol. The maximum Gasteiger partial charge on any atom is 0.244 e. The second-order valence-electron chi connectivity index (χ2n) is 8.76. The van der Waals surface area contributed by atoms with Crippen molar-refractivity contribution >= 4 is 28.4 Å². The lowest BCUT2D eigenvalue weighted by molar-refractivity contribution is -0.119. The zero-order chi connectivity index (χ0) is 24.9. The molecule has 5 nitrogen and oxygen atoms in total. The molecule has 4 aromatic carbocycles. The van der Waals surface area contributed by atoms with Crippen LogP contribution in [0.25, 0.3) is 33.8 Å². The van der Waals surface area contributed by atoms with Gasteiger partial charge in [-0.1, -0.05) is 97.1 Å². The number of amides is 1. The third kappa shape index (κ3) is 4.97. The molecular weight excluding hydrogens is 444 g/mol. The molecule has 1 atom stereocenters. The zero-order valence-corrected chi connectivity index (χ0v) is 20.2. The van der Waals surface area contributed by atoms with Crippen LogP contribution in [0.4, 0.5) is 5.69 Å². The summed E-state index contributed by atoms with van der Waals surface area (Å²) < 4.78 is 1.81. The topological polar surface area (TPSA) is 64.2 Å². The van der Waals surface area contributed by atoms with Gasteiger partial charge in [0.1, 0.15) is 5.69 Å². The highest BCUT2D eigenvalue weighted by molar-refractivity contribution is 6.00. The normalized spacial score (nSPS) is 12.2. The predicted molar refractivity (Wildman–Crippen MR) is 148 cm³/mol. The molecule has 0 saturated heterocycles. The molecular formula is C31H28N4O. The summed E-state index contributed by atoms with van der Waals surface area (Å²) in [6, 6.07) is 33.6. The number of hydrogen-bond donors (Lipinski definition) is 1. The van der Waals surface area contributed by atoms with Crippen LogP contribution in [0.1, 0.15) is 12.0 Å². The number of fused-ring (bicyclic) bond motifs is 1. The van der Waals surface area contributed by atoms with E-state index in [1.165, 1.54) is 0 Å². The van der Waals surface area contributed by atoms with E-state index in [9.17, 15) is 4.79 Å². The molecule has 0 unspecified atom stereocenters. The van der Waals surface area contributed by atoms with Crippen molar-refractivity contribution in [2.24, 2.45) is 5.73 Å². The van der Waals surface area contributed by atoms with Crippen LogP contribution in [0, 0.1) is 0 Å². The summed E-state index contributed by atoms with van der Waals surface area (Å²) in [5, 5.41) is 7.16. The van der Waals surface area contributed by atoms with Crippen molar-refractivity contribution in [2.45, 2.75) is 12.5 Å². The largest absolute Gasteiger partial charge is 0.320 e. The van der Waals surface area contributed by atoms with Crippen molar-refractivity contribution in [3.63, 3.8) is 0 Å². The Morgan fingerprint density at radius 1 is 0.917 bits per heavy atom. The van der Waals surface area contributed by atoms with Crippen LogP contribution < -0.4 is 10.6 Å². The Labute approximate surface area is 211 Å². The fourth-order valence-electron chi connectivity index (χ4n) is 4.25. The third-order valence-electron chi connectivity index (χ3n) is 6.25. The Kier molecular flexibility index (Phi) is 6.74. The average Bonchev–Trinajstić information content (AvgIpc) is 3.38. The monoisotopic (exact) mass is 472 g/mol. The van der Waals surface area contributed by atoms with E-state index in [-0.39, 0.29) is 5.91 Å². The first-order valence-corrected chi connectivity index (χ1v) is 12.0. The number of hydrogen-bond acceptors (Lipinski definition) is 3. The molecule has 36 heavy (non-hydrogen) atoms. The maximum absolute atomic E-state index is 13.4. The first-order chi connectivity index (χ1) is 17.6. The molecule has 5 aromatic rings. The summed E-state index contributed by atoms with van der Waals surface area (Å²) >= 11 is 0. The van der Waals surface area contributed by atoms with E-state index in [1.54, 1.807) is 11.9 Å². The molecule has 2 N–H and O–H groups in total. The quantitative estimate of drug-likeness (QED) is 0.312. The summed E-state index contributed by atoms with van der Waals surface area (Å²) in [6.07, 6.45) is 6.27. The van der Waals surface area contributed by atoms with E-state index in [4.69, 9.17) is 10.8 Å². The first-order valence-electron chi connectivity index (χ1n) is 12.0. The lowest BCUT2D eigenvalue weighted by Gasteiger charge is -2.20. The van der Waals surface area contributed by atoms with Gasteiger partial charge in [-0.05, 0) is 41.0 Å².